The summed E-state index contributed by atoms with van der Waals surface area (Å²) in [4.78, 5) is 12.0. The van der Waals surface area contributed by atoms with Crippen LogP contribution in [0.2, 0.25) is 0 Å². The number of rotatable bonds is 3. The lowest BCUT2D eigenvalue weighted by molar-refractivity contribution is 0.0844. The van der Waals surface area contributed by atoms with Crippen molar-refractivity contribution >= 4 is 21.7 Å². The molecule has 0 aromatic heterocycles. The van der Waals surface area contributed by atoms with Gasteiger partial charge in [-0.1, -0.05) is 13.3 Å². The van der Waals surface area contributed by atoms with Gasteiger partial charge in [0.1, 0.15) is 11.5 Å². The lowest BCUT2D eigenvalue weighted by atomic mass is 10.1. The smallest absolute Gasteiger partial charge is 0.207 e. The van der Waals surface area contributed by atoms with Crippen LogP contribution in [0.25, 0.3) is 0 Å². The van der Waals surface area contributed by atoms with Crippen LogP contribution in [-0.2, 0) is 0 Å². The average molecular weight is 285 g/mol. The fraction of sp³-hybridized carbons (Fsp3) is 0.417. The third-order valence-electron chi connectivity index (χ3n) is 2.62. The van der Waals surface area contributed by atoms with Gasteiger partial charge in [-0.3, -0.25) is 4.79 Å². The first-order chi connectivity index (χ1) is 7.67. The maximum atomic E-state index is 12.0. The molecule has 1 heterocycles. The van der Waals surface area contributed by atoms with Gasteiger partial charge in [0.05, 0.1) is 17.1 Å². The minimum absolute atomic E-state index is 0.0523. The Labute approximate surface area is 103 Å². The highest BCUT2D eigenvalue weighted by Gasteiger charge is 2.33. The van der Waals surface area contributed by atoms with Crippen molar-refractivity contribution < 1.29 is 14.3 Å². The van der Waals surface area contributed by atoms with Crippen LogP contribution in [0.1, 0.15) is 30.1 Å². The summed E-state index contributed by atoms with van der Waals surface area (Å²) < 4.78 is 11.5. The summed E-state index contributed by atoms with van der Waals surface area (Å²) in [5.41, 5.74) is 0.615. The van der Waals surface area contributed by atoms with E-state index in [-0.39, 0.29) is 11.9 Å². The first-order valence-electron chi connectivity index (χ1n) is 5.25. The summed E-state index contributed by atoms with van der Waals surface area (Å²) >= 11 is 3.39. The lowest BCUT2D eigenvalue weighted by Crippen LogP contribution is -2.19. The van der Waals surface area contributed by atoms with Crippen LogP contribution in [-0.4, -0.2) is 19.0 Å². The zero-order valence-electron chi connectivity index (χ0n) is 9.25. The Morgan fingerprint density at radius 2 is 2.25 bits per heavy atom. The van der Waals surface area contributed by atoms with Gasteiger partial charge in [-0.25, -0.2) is 0 Å². The Hall–Kier alpha value is -1.03. The highest BCUT2D eigenvalue weighted by molar-refractivity contribution is 9.10. The van der Waals surface area contributed by atoms with E-state index in [9.17, 15) is 4.79 Å². The summed E-state index contributed by atoms with van der Waals surface area (Å²) in [5.74, 6) is 1.36. The molecule has 16 heavy (non-hydrogen) atoms. The van der Waals surface area contributed by atoms with Gasteiger partial charge in [-0.05, 0) is 34.5 Å². The van der Waals surface area contributed by atoms with Crippen LogP contribution < -0.4 is 9.47 Å². The second-order valence-corrected chi connectivity index (χ2v) is 4.60. The number of fused-ring (bicyclic) bond motifs is 1. The van der Waals surface area contributed by atoms with Crippen molar-refractivity contribution in [2.24, 2.45) is 0 Å². The van der Waals surface area contributed by atoms with Crippen molar-refractivity contribution in [1.29, 1.82) is 0 Å². The molecule has 1 unspecified atom stereocenters. The first-order valence-corrected chi connectivity index (χ1v) is 6.05. The van der Waals surface area contributed by atoms with E-state index >= 15 is 0 Å². The molecule has 1 atom stereocenters. The summed E-state index contributed by atoms with van der Waals surface area (Å²) in [7, 11) is 1.58. The van der Waals surface area contributed by atoms with Gasteiger partial charge in [0.2, 0.25) is 5.78 Å². The maximum Gasteiger partial charge on any atom is 0.207 e. The molecule has 1 aliphatic heterocycles. The molecule has 1 aromatic carbocycles. The minimum Gasteiger partial charge on any atom is -0.497 e. The second-order valence-electron chi connectivity index (χ2n) is 3.75. The van der Waals surface area contributed by atoms with Gasteiger partial charge in [-0.2, -0.15) is 0 Å². The highest BCUT2D eigenvalue weighted by atomic mass is 79.9. The van der Waals surface area contributed by atoms with Crippen LogP contribution in [0.4, 0.5) is 0 Å². The van der Waals surface area contributed by atoms with E-state index < -0.39 is 0 Å². The second kappa shape index (κ2) is 4.45. The van der Waals surface area contributed by atoms with Gasteiger partial charge in [0.25, 0.3) is 0 Å². The first kappa shape index (κ1) is 11.5. The van der Waals surface area contributed by atoms with Crippen LogP contribution in [0.15, 0.2) is 16.6 Å². The SMILES string of the molecule is CCCC1Oc2c(Br)cc(OC)cc2C1=O. The van der Waals surface area contributed by atoms with E-state index in [1.54, 1.807) is 19.2 Å². The molecule has 0 spiro atoms. The molecule has 0 N–H and O–H groups in total. The minimum atomic E-state index is -0.330. The molecular weight excluding hydrogens is 272 g/mol. The molecule has 0 amide bonds. The number of carbonyl (C=O) groups is 1. The Balaban J connectivity index is 2.39. The van der Waals surface area contributed by atoms with Gasteiger partial charge in [0, 0.05) is 0 Å². The highest BCUT2D eigenvalue weighted by Crippen LogP contribution is 2.40. The van der Waals surface area contributed by atoms with Gasteiger partial charge in [0.15, 0.2) is 6.10 Å². The number of methoxy groups -OCH3 is 1. The normalized spacial score (nSPS) is 18.2. The molecule has 4 heteroatoms. The van der Waals surface area contributed by atoms with Crippen LogP contribution in [0.5, 0.6) is 11.5 Å². The number of hydrogen-bond acceptors (Lipinski definition) is 3. The van der Waals surface area contributed by atoms with Crippen molar-refractivity contribution in [3.63, 3.8) is 0 Å². The molecule has 0 radical (unpaired) electrons. The van der Waals surface area contributed by atoms with E-state index in [1.807, 2.05) is 6.92 Å². The van der Waals surface area contributed by atoms with E-state index in [0.717, 1.165) is 17.3 Å². The molecule has 0 bridgehead atoms. The Morgan fingerprint density at radius 3 is 2.88 bits per heavy atom. The third kappa shape index (κ3) is 1.82. The standard InChI is InChI=1S/C12H13BrO3/c1-3-4-10-11(14)8-5-7(15-2)6-9(13)12(8)16-10/h5-6,10H,3-4H2,1-2H3. The monoisotopic (exact) mass is 284 g/mol. The van der Waals surface area contributed by atoms with Gasteiger partial charge < -0.3 is 9.47 Å². The Kier molecular flexibility index (Phi) is 3.19. The predicted octanol–water partition coefficient (Wildman–Crippen LogP) is 3.20. The number of hydrogen-bond donors (Lipinski definition) is 0. The molecule has 0 saturated heterocycles. The Morgan fingerprint density at radius 1 is 1.50 bits per heavy atom. The molecule has 1 aliphatic rings. The maximum absolute atomic E-state index is 12.0. The van der Waals surface area contributed by atoms with Crippen molar-refractivity contribution in [2.45, 2.75) is 25.9 Å². The summed E-state index contributed by atoms with van der Waals surface area (Å²) in [6.45, 7) is 2.04. The summed E-state index contributed by atoms with van der Waals surface area (Å²) in [6, 6.07) is 3.54. The summed E-state index contributed by atoms with van der Waals surface area (Å²) in [5, 5.41) is 0. The van der Waals surface area contributed by atoms with E-state index in [2.05, 4.69) is 15.9 Å². The van der Waals surface area contributed by atoms with Crippen LogP contribution in [0, 0.1) is 0 Å². The number of halogens is 1. The van der Waals surface area contributed by atoms with Gasteiger partial charge >= 0.3 is 0 Å². The largest absolute Gasteiger partial charge is 0.497 e. The topological polar surface area (TPSA) is 35.5 Å². The van der Waals surface area contributed by atoms with Crippen LogP contribution in [0.3, 0.4) is 0 Å². The number of carbonyl (C=O) groups excluding carboxylic acids is 1. The molecular formula is C12H13BrO3. The third-order valence-corrected chi connectivity index (χ3v) is 3.21. The lowest BCUT2D eigenvalue weighted by Gasteiger charge is -2.07. The van der Waals surface area contributed by atoms with E-state index in [0.29, 0.717) is 17.1 Å². The average Bonchev–Trinajstić information content (AvgIpc) is 2.58. The molecule has 0 saturated carbocycles. The van der Waals surface area contributed by atoms with E-state index in [4.69, 9.17) is 9.47 Å². The zero-order chi connectivity index (χ0) is 11.7. The fourth-order valence-corrected chi connectivity index (χ4v) is 2.34. The molecule has 86 valence electrons. The van der Waals surface area contributed by atoms with Crippen LogP contribution >= 0.6 is 15.9 Å². The Bertz CT molecular complexity index is 429. The number of benzene rings is 1. The quantitative estimate of drug-likeness (QED) is 0.855. The fourth-order valence-electron chi connectivity index (χ4n) is 1.81. The molecule has 0 aliphatic carbocycles. The molecule has 2 rings (SSSR count). The van der Waals surface area contributed by atoms with Crippen molar-refractivity contribution in [3.05, 3.63) is 22.2 Å². The zero-order valence-corrected chi connectivity index (χ0v) is 10.8. The molecule has 1 aromatic rings. The van der Waals surface area contributed by atoms with Crippen molar-refractivity contribution in [2.75, 3.05) is 7.11 Å². The number of ketones is 1. The van der Waals surface area contributed by atoms with Crippen molar-refractivity contribution in [1.82, 2.24) is 0 Å². The summed E-state index contributed by atoms with van der Waals surface area (Å²) in [6.07, 6.45) is 1.35. The van der Waals surface area contributed by atoms with Crippen molar-refractivity contribution in [3.8, 4) is 11.5 Å². The number of ether oxygens (including phenoxy) is 2. The molecule has 0 fully saturated rings. The van der Waals surface area contributed by atoms with Gasteiger partial charge in [-0.15, -0.1) is 0 Å². The van der Waals surface area contributed by atoms with E-state index in [1.165, 1.54) is 0 Å². The molecule has 3 nitrogen and oxygen atoms in total. The number of Topliss-reactive ketones (excluding diaryl/α,β-unsaturated/α-hetero) is 1. The predicted molar refractivity (Wildman–Crippen MR) is 64.3 cm³/mol.